The van der Waals surface area contributed by atoms with E-state index in [0.717, 1.165) is 16.3 Å². The maximum Gasteiger partial charge on any atom is 0.328 e. The van der Waals surface area contributed by atoms with Gasteiger partial charge in [0.1, 0.15) is 5.04 Å². The average Bonchev–Trinajstić information content (AvgIpc) is 2.57. The van der Waals surface area contributed by atoms with Crippen molar-refractivity contribution in [3.05, 3.63) is 28.8 Å². The van der Waals surface area contributed by atoms with Crippen LogP contribution in [0.2, 0.25) is 5.02 Å². The van der Waals surface area contributed by atoms with Crippen molar-refractivity contribution in [2.24, 2.45) is 4.99 Å². The van der Waals surface area contributed by atoms with Gasteiger partial charge in [0.25, 0.3) is 0 Å². The zero-order valence-corrected chi connectivity index (χ0v) is 14.0. The number of fused-ring (bicyclic) bond motifs is 1. The second-order valence-corrected chi connectivity index (χ2v) is 7.06. The molecule has 1 aliphatic heterocycles. The van der Waals surface area contributed by atoms with Gasteiger partial charge in [-0.15, -0.1) is 23.5 Å². The number of halogens is 1. The van der Waals surface area contributed by atoms with Crippen LogP contribution >= 0.6 is 35.1 Å². The fourth-order valence-electron chi connectivity index (χ4n) is 1.92. The summed E-state index contributed by atoms with van der Waals surface area (Å²) in [5.74, 6) is 0.465. The average molecular weight is 330 g/mol. The van der Waals surface area contributed by atoms with Crippen molar-refractivity contribution in [2.45, 2.75) is 24.3 Å². The molecule has 0 radical (unpaired) electrons. The van der Waals surface area contributed by atoms with Crippen LogP contribution in [0.5, 0.6) is 0 Å². The van der Waals surface area contributed by atoms with Crippen LogP contribution in [0.1, 0.15) is 19.4 Å². The molecule has 0 bridgehead atoms. The quantitative estimate of drug-likeness (QED) is 0.758. The van der Waals surface area contributed by atoms with Gasteiger partial charge in [0, 0.05) is 10.8 Å². The molecular formula is C14H16ClNO2S2. The Morgan fingerprint density at radius 3 is 3.00 bits per heavy atom. The van der Waals surface area contributed by atoms with Crippen LogP contribution in [0.25, 0.3) is 0 Å². The maximum absolute atomic E-state index is 12.3. The van der Waals surface area contributed by atoms with E-state index in [-0.39, 0.29) is 5.97 Å². The third-order valence-corrected chi connectivity index (χ3v) is 5.70. The van der Waals surface area contributed by atoms with Crippen LogP contribution in [0.4, 0.5) is 5.69 Å². The number of thioether (sulfide) groups is 2. The Kier molecular flexibility index (Phi) is 5.04. The van der Waals surface area contributed by atoms with Crippen molar-refractivity contribution in [1.29, 1.82) is 0 Å². The lowest BCUT2D eigenvalue weighted by Gasteiger charge is -2.25. The molecule has 1 aromatic carbocycles. The summed E-state index contributed by atoms with van der Waals surface area (Å²) in [7, 11) is 0. The summed E-state index contributed by atoms with van der Waals surface area (Å²) in [6, 6.07) is 5.65. The molecular weight excluding hydrogens is 314 g/mol. The van der Waals surface area contributed by atoms with Crippen molar-refractivity contribution < 1.29 is 9.53 Å². The Bertz CT molecular complexity index is 562. The van der Waals surface area contributed by atoms with Crippen molar-refractivity contribution in [1.82, 2.24) is 0 Å². The predicted octanol–water partition coefficient (Wildman–Crippen LogP) is 4.30. The van der Waals surface area contributed by atoms with Gasteiger partial charge in [-0.2, -0.15) is 0 Å². The lowest BCUT2D eigenvalue weighted by Crippen LogP contribution is -2.40. The van der Waals surface area contributed by atoms with E-state index in [1.165, 1.54) is 11.8 Å². The molecule has 1 aliphatic rings. The summed E-state index contributed by atoms with van der Waals surface area (Å²) in [6.45, 7) is 4.06. The predicted molar refractivity (Wildman–Crippen MR) is 88.4 cm³/mol. The van der Waals surface area contributed by atoms with Crippen LogP contribution in [-0.2, 0) is 15.3 Å². The molecule has 0 aliphatic carbocycles. The largest absolute Gasteiger partial charge is 0.465 e. The highest BCUT2D eigenvalue weighted by Gasteiger charge is 2.42. The Morgan fingerprint density at radius 1 is 1.60 bits per heavy atom. The van der Waals surface area contributed by atoms with Crippen LogP contribution in [0, 0.1) is 0 Å². The summed E-state index contributed by atoms with van der Waals surface area (Å²) < 4.78 is 4.45. The number of esters is 1. The minimum Gasteiger partial charge on any atom is -0.465 e. The van der Waals surface area contributed by atoms with Crippen LogP contribution in [0.15, 0.2) is 23.2 Å². The smallest absolute Gasteiger partial charge is 0.328 e. The van der Waals surface area contributed by atoms with Crippen molar-refractivity contribution >= 4 is 51.8 Å². The van der Waals surface area contributed by atoms with E-state index in [9.17, 15) is 4.79 Å². The molecule has 0 spiro atoms. The lowest BCUT2D eigenvalue weighted by atomic mass is 10.2. The zero-order valence-electron chi connectivity index (χ0n) is 11.6. The second-order valence-electron chi connectivity index (χ2n) is 4.44. The van der Waals surface area contributed by atoms with E-state index in [4.69, 9.17) is 16.3 Å². The number of aliphatic imine (C=N–C) groups is 1. The molecule has 20 heavy (non-hydrogen) atoms. The van der Waals surface area contributed by atoms with Gasteiger partial charge in [-0.25, -0.2) is 4.99 Å². The molecule has 1 aromatic rings. The van der Waals surface area contributed by atoms with E-state index in [0.29, 0.717) is 17.4 Å². The fourth-order valence-corrected chi connectivity index (χ4v) is 4.21. The van der Waals surface area contributed by atoms with Gasteiger partial charge >= 0.3 is 5.97 Å². The SMILES string of the molecule is CCOC(=O)C1(C)SCc2ccc(Cl)cc2N=C1SC. The highest BCUT2D eigenvalue weighted by molar-refractivity contribution is 8.16. The molecule has 108 valence electrons. The number of nitrogens with zero attached hydrogens (tertiary/aromatic N) is 1. The van der Waals surface area contributed by atoms with Crippen LogP contribution in [0.3, 0.4) is 0 Å². The molecule has 3 nitrogen and oxygen atoms in total. The van der Waals surface area contributed by atoms with Gasteiger partial charge in [-0.3, -0.25) is 4.79 Å². The van der Waals surface area contributed by atoms with E-state index < -0.39 is 4.75 Å². The Labute approximate surface area is 132 Å². The van der Waals surface area contributed by atoms with Crippen LogP contribution in [-0.4, -0.2) is 28.6 Å². The van der Waals surface area contributed by atoms with E-state index in [1.54, 1.807) is 11.8 Å². The summed E-state index contributed by atoms with van der Waals surface area (Å²) in [6.07, 6.45) is 1.92. The molecule has 6 heteroatoms. The lowest BCUT2D eigenvalue weighted by molar-refractivity contribution is -0.143. The molecule has 0 aromatic heterocycles. The molecule has 1 heterocycles. The number of carbonyl (C=O) groups excluding carboxylic acids is 1. The molecule has 1 unspecified atom stereocenters. The summed E-state index contributed by atoms with van der Waals surface area (Å²) in [5.41, 5.74) is 1.92. The Hall–Kier alpha value is -0.650. The monoisotopic (exact) mass is 329 g/mol. The van der Waals surface area contributed by atoms with Crippen molar-refractivity contribution in [2.75, 3.05) is 12.9 Å². The first-order valence-electron chi connectivity index (χ1n) is 6.24. The maximum atomic E-state index is 12.3. The zero-order chi connectivity index (χ0) is 14.8. The summed E-state index contributed by atoms with van der Waals surface area (Å²) >= 11 is 9.05. The van der Waals surface area contributed by atoms with Gasteiger partial charge in [-0.05, 0) is 37.8 Å². The number of ether oxygens (including phenoxy) is 1. The van der Waals surface area contributed by atoms with Crippen LogP contribution < -0.4 is 0 Å². The Balaban J connectivity index is 2.46. The number of rotatable bonds is 2. The van der Waals surface area contributed by atoms with E-state index >= 15 is 0 Å². The summed E-state index contributed by atoms with van der Waals surface area (Å²) in [5, 5.41) is 1.40. The second kappa shape index (κ2) is 6.41. The van der Waals surface area contributed by atoms with E-state index in [1.807, 2.05) is 38.3 Å². The molecule has 1 atom stereocenters. The molecule has 0 N–H and O–H groups in total. The first-order chi connectivity index (χ1) is 9.51. The molecule has 0 saturated carbocycles. The first-order valence-corrected chi connectivity index (χ1v) is 8.83. The van der Waals surface area contributed by atoms with Gasteiger partial charge in [0.05, 0.1) is 12.3 Å². The van der Waals surface area contributed by atoms with Gasteiger partial charge in [0.15, 0.2) is 4.75 Å². The van der Waals surface area contributed by atoms with Crippen molar-refractivity contribution in [3.63, 3.8) is 0 Å². The van der Waals surface area contributed by atoms with Gasteiger partial charge in [0.2, 0.25) is 0 Å². The molecule has 0 amide bonds. The van der Waals surface area contributed by atoms with Gasteiger partial charge < -0.3 is 4.74 Å². The summed E-state index contributed by atoms with van der Waals surface area (Å²) in [4.78, 5) is 16.9. The van der Waals surface area contributed by atoms with E-state index in [2.05, 4.69) is 4.99 Å². The third kappa shape index (κ3) is 3.00. The number of hydrogen-bond donors (Lipinski definition) is 0. The highest BCUT2D eigenvalue weighted by Crippen LogP contribution is 2.41. The molecule has 2 rings (SSSR count). The molecule has 0 saturated heterocycles. The number of hydrogen-bond acceptors (Lipinski definition) is 5. The standard InChI is InChI=1S/C14H16ClNO2S2/c1-4-18-13(17)14(2)12(19-3)16-11-7-10(15)6-5-9(11)8-20-14/h5-7H,4,8H2,1-3H3. The first kappa shape index (κ1) is 15.7. The number of carbonyl (C=O) groups is 1. The Morgan fingerprint density at radius 2 is 2.35 bits per heavy atom. The third-order valence-electron chi connectivity index (χ3n) is 3.05. The van der Waals surface area contributed by atoms with Gasteiger partial charge in [-0.1, -0.05) is 17.7 Å². The minimum absolute atomic E-state index is 0.239. The topological polar surface area (TPSA) is 38.7 Å². The fraction of sp³-hybridized carbons (Fsp3) is 0.429. The highest BCUT2D eigenvalue weighted by atomic mass is 35.5. The molecule has 0 fully saturated rings. The normalized spacial score (nSPS) is 21.7. The van der Waals surface area contributed by atoms with Crippen molar-refractivity contribution in [3.8, 4) is 0 Å². The number of benzene rings is 1. The minimum atomic E-state index is -0.763.